The summed E-state index contributed by atoms with van der Waals surface area (Å²) >= 11 is 3.40. The number of carboxylic acid groups (broad SMARTS) is 1. The van der Waals surface area contributed by atoms with Gasteiger partial charge < -0.3 is 14.6 Å². The van der Waals surface area contributed by atoms with Crippen molar-refractivity contribution in [3.63, 3.8) is 0 Å². The van der Waals surface area contributed by atoms with Crippen molar-refractivity contribution in [2.45, 2.75) is 20.0 Å². The molecule has 0 heterocycles. The molecule has 0 saturated heterocycles. The molecule has 136 valence electrons. The lowest BCUT2D eigenvalue weighted by Gasteiger charge is -2.10. The molecule has 0 aliphatic rings. The molecule has 0 amide bonds. The molecule has 6 heteroatoms. The van der Waals surface area contributed by atoms with Crippen molar-refractivity contribution in [1.82, 2.24) is 0 Å². The molecule has 2 rings (SSSR count). The molecule has 0 atom stereocenters. The van der Waals surface area contributed by atoms with Crippen molar-refractivity contribution in [3.8, 4) is 11.5 Å². The van der Waals surface area contributed by atoms with Gasteiger partial charge in [-0.3, -0.25) is 4.79 Å². The van der Waals surface area contributed by atoms with Gasteiger partial charge in [-0.1, -0.05) is 18.2 Å². The standard InChI is InChI=1S/C20H19BrO5/c1-13(2)26-16-8-9-17(18(21)11-16)19(22)10-5-14-3-6-15(7-4-14)25-12-20(23)24/h3-11,13H,12H2,1-2H3,(H,23,24). The van der Waals surface area contributed by atoms with E-state index in [4.69, 9.17) is 14.6 Å². The Hall–Kier alpha value is -2.60. The molecule has 0 spiro atoms. The number of carboxylic acids is 1. The van der Waals surface area contributed by atoms with Crippen molar-refractivity contribution in [3.05, 3.63) is 64.1 Å². The van der Waals surface area contributed by atoms with E-state index in [9.17, 15) is 9.59 Å². The number of carbonyl (C=O) groups is 2. The fourth-order valence-corrected chi connectivity index (χ4v) is 2.68. The Labute approximate surface area is 160 Å². The summed E-state index contributed by atoms with van der Waals surface area (Å²) in [4.78, 5) is 22.8. The molecule has 0 unspecified atom stereocenters. The van der Waals surface area contributed by atoms with Crippen LogP contribution in [0.5, 0.6) is 11.5 Å². The molecule has 2 aromatic carbocycles. The van der Waals surface area contributed by atoms with E-state index in [1.54, 1.807) is 48.5 Å². The lowest BCUT2D eigenvalue weighted by molar-refractivity contribution is -0.139. The molecule has 0 fully saturated rings. The van der Waals surface area contributed by atoms with Gasteiger partial charge in [0.1, 0.15) is 11.5 Å². The van der Waals surface area contributed by atoms with Crippen LogP contribution in [0.25, 0.3) is 6.08 Å². The Morgan fingerprint density at radius 3 is 2.35 bits per heavy atom. The van der Waals surface area contributed by atoms with E-state index in [2.05, 4.69) is 15.9 Å². The first kappa shape index (κ1) is 19.7. The first-order valence-electron chi connectivity index (χ1n) is 7.98. The molecule has 0 radical (unpaired) electrons. The smallest absolute Gasteiger partial charge is 0.341 e. The van der Waals surface area contributed by atoms with Gasteiger partial charge in [-0.25, -0.2) is 4.79 Å². The monoisotopic (exact) mass is 418 g/mol. The highest BCUT2D eigenvalue weighted by Crippen LogP contribution is 2.25. The zero-order valence-electron chi connectivity index (χ0n) is 14.4. The molecule has 0 bridgehead atoms. The normalized spacial score (nSPS) is 10.9. The number of ether oxygens (including phenoxy) is 2. The average Bonchev–Trinajstić information content (AvgIpc) is 2.58. The van der Waals surface area contributed by atoms with E-state index in [0.29, 0.717) is 21.5 Å². The van der Waals surface area contributed by atoms with Gasteiger partial charge in [-0.05, 0) is 71.7 Å². The SMILES string of the molecule is CC(C)Oc1ccc(C(=O)C=Cc2ccc(OCC(=O)O)cc2)c(Br)c1. The van der Waals surface area contributed by atoms with Crippen LogP contribution in [-0.2, 0) is 4.79 Å². The number of carbonyl (C=O) groups excluding carboxylic acids is 1. The number of hydrogen-bond donors (Lipinski definition) is 1. The number of benzene rings is 2. The van der Waals surface area contributed by atoms with Crippen LogP contribution in [0.1, 0.15) is 29.8 Å². The first-order chi connectivity index (χ1) is 12.3. The summed E-state index contributed by atoms with van der Waals surface area (Å²) in [5, 5.41) is 8.58. The third kappa shape index (κ3) is 6.04. The Morgan fingerprint density at radius 2 is 1.77 bits per heavy atom. The summed E-state index contributed by atoms with van der Waals surface area (Å²) in [5.74, 6) is -0.0159. The van der Waals surface area contributed by atoms with Gasteiger partial charge >= 0.3 is 5.97 Å². The summed E-state index contributed by atoms with van der Waals surface area (Å²) in [6, 6.07) is 12.1. The second kappa shape index (κ2) is 9.20. The number of allylic oxidation sites excluding steroid dienone is 1. The summed E-state index contributed by atoms with van der Waals surface area (Å²) in [6.45, 7) is 3.49. The van der Waals surface area contributed by atoms with Gasteiger partial charge in [0.2, 0.25) is 0 Å². The zero-order valence-corrected chi connectivity index (χ0v) is 16.0. The fraction of sp³-hybridized carbons (Fsp3) is 0.200. The molecule has 26 heavy (non-hydrogen) atoms. The van der Waals surface area contributed by atoms with Crippen LogP contribution in [0.3, 0.4) is 0 Å². The van der Waals surface area contributed by atoms with Gasteiger partial charge in [0.05, 0.1) is 6.10 Å². The quantitative estimate of drug-likeness (QED) is 0.500. The van der Waals surface area contributed by atoms with E-state index in [0.717, 1.165) is 5.56 Å². The highest BCUT2D eigenvalue weighted by atomic mass is 79.9. The molecule has 0 aromatic heterocycles. The minimum absolute atomic E-state index is 0.0609. The van der Waals surface area contributed by atoms with E-state index in [-0.39, 0.29) is 11.9 Å². The molecule has 0 aliphatic heterocycles. The predicted molar refractivity (Wildman–Crippen MR) is 103 cm³/mol. The van der Waals surface area contributed by atoms with Crippen molar-refractivity contribution >= 4 is 33.8 Å². The lowest BCUT2D eigenvalue weighted by atomic mass is 10.1. The van der Waals surface area contributed by atoms with E-state index < -0.39 is 12.6 Å². The molecule has 5 nitrogen and oxygen atoms in total. The van der Waals surface area contributed by atoms with Gasteiger partial charge in [0.25, 0.3) is 0 Å². The molecule has 2 aromatic rings. The molecule has 0 aliphatic carbocycles. The predicted octanol–water partition coefficient (Wildman–Crippen LogP) is 4.60. The van der Waals surface area contributed by atoms with Gasteiger partial charge in [0, 0.05) is 10.0 Å². The zero-order chi connectivity index (χ0) is 19.1. The Bertz CT molecular complexity index is 809. The van der Waals surface area contributed by atoms with Crippen molar-refractivity contribution in [2.75, 3.05) is 6.61 Å². The summed E-state index contributed by atoms with van der Waals surface area (Å²) in [5.41, 5.74) is 1.34. The van der Waals surface area contributed by atoms with Crippen LogP contribution in [0.4, 0.5) is 0 Å². The van der Waals surface area contributed by atoms with Crippen LogP contribution in [-0.4, -0.2) is 29.6 Å². The lowest BCUT2D eigenvalue weighted by Crippen LogP contribution is -2.09. The van der Waals surface area contributed by atoms with Gasteiger partial charge in [-0.2, -0.15) is 0 Å². The minimum Gasteiger partial charge on any atom is -0.491 e. The number of aliphatic carboxylic acids is 1. The van der Waals surface area contributed by atoms with Crippen molar-refractivity contribution < 1.29 is 24.2 Å². The number of ketones is 1. The summed E-state index contributed by atoms with van der Waals surface area (Å²) in [7, 11) is 0. The first-order valence-corrected chi connectivity index (χ1v) is 8.77. The minimum atomic E-state index is -1.03. The second-order valence-electron chi connectivity index (χ2n) is 5.76. The molecule has 0 saturated carbocycles. The molecular weight excluding hydrogens is 400 g/mol. The fourth-order valence-electron chi connectivity index (χ4n) is 2.12. The van der Waals surface area contributed by atoms with Crippen LogP contribution in [0, 0.1) is 0 Å². The van der Waals surface area contributed by atoms with E-state index in [1.165, 1.54) is 6.08 Å². The highest BCUT2D eigenvalue weighted by molar-refractivity contribution is 9.10. The maximum Gasteiger partial charge on any atom is 0.341 e. The second-order valence-corrected chi connectivity index (χ2v) is 6.61. The van der Waals surface area contributed by atoms with Crippen LogP contribution in [0.2, 0.25) is 0 Å². The van der Waals surface area contributed by atoms with Crippen molar-refractivity contribution in [2.24, 2.45) is 0 Å². The number of hydrogen-bond acceptors (Lipinski definition) is 4. The maximum atomic E-state index is 12.4. The Balaban J connectivity index is 2.03. The average molecular weight is 419 g/mol. The third-order valence-electron chi connectivity index (χ3n) is 3.25. The number of halogens is 1. The topological polar surface area (TPSA) is 72.8 Å². The number of rotatable bonds is 8. The Morgan fingerprint density at radius 1 is 1.12 bits per heavy atom. The van der Waals surface area contributed by atoms with E-state index >= 15 is 0 Å². The van der Waals surface area contributed by atoms with Crippen LogP contribution < -0.4 is 9.47 Å². The molecule has 1 N–H and O–H groups in total. The summed E-state index contributed by atoms with van der Waals surface area (Å²) in [6.07, 6.45) is 3.23. The van der Waals surface area contributed by atoms with Gasteiger partial charge in [-0.15, -0.1) is 0 Å². The van der Waals surface area contributed by atoms with Crippen LogP contribution >= 0.6 is 15.9 Å². The Kier molecular flexibility index (Phi) is 6.97. The van der Waals surface area contributed by atoms with E-state index in [1.807, 2.05) is 13.8 Å². The van der Waals surface area contributed by atoms with Crippen molar-refractivity contribution in [1.29, 1.82) is 0 Å². The highest BCUT2D eigenvalue weighted by Gasteiger charge is 2.09. The molecular formula is C20H19BrO5. The van der Waals surface area contributed by atoms with Crippen LogP contribution in [0.15, 0.2) is 53.0 Å². The third-order valence-corrected chi connectivity index (χ3v) is 3.90. The van der Waals surface area contributed by atoms with Gasteiger partial charge in [0.15, 0.2) is 12.4 Å². The largest absolute Gasteiger partial charge is 0.491 e. The summed E-state index contributed by atoms with van der Waals surface area (Å²) < 4.78 is 11.3. The maximum absolute atomic E-state index is 12.4.